The van der Waals surface area contributed by atoms with E-state index in [1.54, 1.807) is 0 Å². The van der Waals surface area contributed by atoms with Crippen molar-refractivity contribution < 1.29 is 19.4 Å². The van der Waals surface area contributed by atoms with Gasteiger partial charge in [0.15, 0.2) is 6.29 Å². The molecule has 0 aromatic carbocycles. The van der Waals surface area contributed by atoms with Gasteiger partial charge in [-0.3, -0.25) is 0 Å². The van der Waals surface area contributed by atoms with Crippen LogP contribution in [-0.4, -0.2) is 29.1 Å². The first-order valence-corrected chi connectivity index (χ1v) is 5.75. The van der Waals surface area contributed by atoms with Gasteiger partial charge >= 0.3 is 5.97 Å². The molecule has 3 rings (SSSR count). The molecule has 0 aromatic rings. The van der Waals surface area contributed by atoms with Crippen LogP contribution in [0.1, 0.15) is 19.8 Å². The first kappa shape index (κ1) is 10.3. The Morgan fingerprint density at radius 2 is 2.25 bits per heavy atom. The third-order valence-electron chi connectivity index (χ3n) is 4.57. The van der Waals surface area contributed by atoms with E-state index in [1.165, 1.54) is 6.08 Å². The fourth-order valence-electron chi connectivity index (χ4n) is 3.79. The zero-order valence-corrected chi connectivity index (χ0v) is 9.26. The minimum absolute atomic E-state index is 0.143. The number of carbonyl (C=O) groups is 1. The molecule has 1 saturated heterocycles. The summed E-state index contributed by atoms with van der Waals surface area (Å²) in [6.07, 6.45) is 2.25. The van der Waals surface area contributed by atoms with Crippen LogP contribution in [-0.2, 0) is 14.3 Å². The molecule has 1 heterocycles. The van der Waals surface area contributed by atoms with Crippen LogP contribution < -0.4 is 0 Å². The van der Waals surface area contributed by atoms with E-state index in [1.807, 2.05) is 6.92 Å². The third kappa shape index (κ3) is 1.09. The Morgan fingerprint density at radius 1 is 1.56 bits per heavy atom. The fraction of sp³-hybridized carbons (Fsp3) is 0.750. The second kappa shape index (κ2) is 3.08. The molecule has 0 aromatic heterocycles. The van der Waals surface area contributed by atoms with Gasteiger partial charge in [0.25, 0.3) is 0 Å². The zero-order valence-electron chi connectivity index (χ0n) is 9.26. The number of esters is 1. The van der Waals surface area contributed by atoms with Crippen molar-refractivity contribution in [3.05, 3.63) is 12.7 Å². The molecule has 16 heavy (non-hydrogen) atoms. The van der Waals surface area contributed by atoms with Gasteiger partial charge in [0, 0.05) is 17.9 Å². The van der Waals surface area contributed by atoms with Crippen LogP contribution in [0.15, 0.2) is 12.7 Å². The van der Waals surface area contributed by atoms with E-state index in [-0.39, 0.29) is 12.0 Å². The summed E-state index contributed by atoms with van der Waals surface area (Å²) >= 11 is 0. The maximum atomic E-state index is 11.3. The van der Waals surface area contributed by atoms with Gasteiger partial charge in [0.2, 0.25) is 0 Å². The Morgan fingerprint density at radius 3 is 2.94 bits per heavy atom. The van der Waals surface area contributed by atoms with Crippen LogP contribution in [0.4, 0.5) is 0 Å². The van der Waals surface area contributed by atoms with Crippen molar-refractivity contribution in [2.45, 2.75) is 37.8 Å². The van der Waals surface area contributed by atoms with E-state index < -0.39 is 17.9 Å². The minimum Gasteiger partial charge on any atom is -0.453 e. The highest BCUT2D eigenvalue weighted by Crippen LogP contribution is 2.61. The molecule has 1 aliphatic heterocycles. The summed E-state index contributed by atoms with van der Waals surface area (Å²) in [5, 5.41) is 9.74. The lowest BCUT2D eigenvalue weighted by Gasteiger charge is -2.36. The van der Waals surface area contributed by atoms with E-state index in [9.17, 15) is 9.90 Å². The van der Waals surface area contributed by atoms with E-state index >= 15 is 0 Å². The molecule has 0 spiro atoms. The number of carbonyl (C=O) groups excluding carboxylic acids is 1. The van der Waals surface area contributed by atoms with Crippen LogP contribution in [0.5, 0.6) is 0 Å². The smallest absolute Gasteiger partial charge is 0.330 e. The molecule has 2 saturated carbocycles. The van der Waals surface area contributed by atoms with Crippen molar-refractivity contribution in [2.24, 2.45) is 17.8 Å². The summed E-state index contributed by atoms with van der Waals surface area (Å²) in [5.41, 5.74) is -0.579. The average Bonchev–Trinajstić information content (AvgIpc) is 2.83. The van der Waals surface area contributed by atoms with Crippen molar-refractivity contribution in [2.75, 3.05) is 0 Å². The maximum absolute atomic E-state index is 11.3. The summed E-state index contributed by atoms with van der Waals surface area (Å²) in [4.78, 5) is 11.3. The van der Waals surface area contributed by atoms with E-state index in [0.29, 0.717) is 11.8 Å². The lowest BCUT2D eigenvalue weighted by Crippen LogP contribution is -2.47. The van der Waals surface area contributed by atoms with E-state index in [4.69, 9.17) is 9.47 Å². The number of fused-ring (bicyclic) bond motifs is 1. The van der Waals surface area contributed by atoms with Gasteiger partial charge in [-0.25, -0.2) is 4.79 Å². The van der Waals surface area contributed by atoms with Gasteiger partial charge in [0.1, 0.15) is 11.7 Å². The molecule has 2 aliphatic carbocycles. The Bertz CT molecular complexity index is 353. The first-order chi connectivity index (χ1) is 7.56. The molecule has 6 unspecified atom stereocenters. The van der Waals surface area contributed by atoms with Crippen LogP contribution in [0.2, 0.25) is 0 Å². The highest BCUT2D eigenvalue weighted by atomic mass is 16.6. The van der Waals surface area contributed by atoms with Gasteiger partial charge in [0.05, 0.1) is 0 Å². The van der Waals surface area contributed by atoms with Crippen LogP contribution in [0.25, 0.3) is 0 Å². The van der Waals surface area contributed by atoms with Gasteiger partial charge in [-0.1, -0.05) is 6.58 Å². The predicted molar refractivity (Wildman–Crippen MR) is 55.3 cm³/mol. The number of hydrogen-bond donors (Lipinski definition) is 1. The summed E-state index contributed by atoms with van der Waals surface area (Å²) in [6, 6.07) is 0. The van der Waals surface area contributed by atoms with Crippen LogP contribution in [0, 0.1) is 17.8 Å². The quantitative estimate of drug-likeness (QED) is 0.558. The van der Waals surface area contributed by atoms with Crippen molar-refractivity contribution in [1.29, 1.82) is 0 Å². The third-order valence-corrected chi connectivity index (χ3v) is 4.57. The predicted octanol–water partition coefficient (Wildman–Crippen LogP) is 0.847. The Labute approximate surface area is 94.2 Å². The van der Waals surface area contributed by atoms with E-state index in [2.05, 4.69) is 6.58 Å². The van der Waals surface area contributed by atoms with E-state index in [0.717, 1.165) is 12.8 Å². The number of aliphatic hydroxyl groups excluding tert-OH is 1. The standard InChI is InChI=1S/C12H16O4/c1-3-9(13)16-12(2)6-4-7-8(5-6)11(14)15-10(7)12/h3,6-8,10-11,14H,1,4-5H2,2H3. The van der Waals surface area contributed by atoms with Gasteiger partial charge in [-0.15, -0.1) is 0 Å². The summed E-state index contributed by atoms with van der Waals surface area (Å²) in [6.45, 7) is 5.32. The Balaban J connectivity index is 1.88. The lowest BCUT2D eigenvalue weighted by atomic mass is 9.79. The molecule has 2 bridgehead atoms. The lowest BCUT2D eigenvalue weighted by molar-refractivity contribution is -0.182. The maximum Gasteiger partial charge on any atom is 0.330 e. The summed E-state index contributed by atoms with van der Waals surface area (Å²) in [5.74, 6) is 0.498. The number of ether oxygens (including phenoxy) is 2. The average molecular weight is 224 g/mol. The second-order valence-electron chi connectivity index (χ2n) is 5.25. The summed E-state index contributed by atoms with van der Waals surface area (Å²) in [7, 11) is 0. The number of aliphatic hydroxyl groups is 1. The topological polar surface area (TPSA) is 55.8 Å². The van der Waals surface area contributed by atoms with Crippen LogP contribution >= 0.6 is 0 Å². The van der Waals surface area contributed by atoms with Crippen LogP contribution in [0.3, 0.4) is 0 Å². The highest BCUT2D eigenvalue weighted by molar-refractivity contribution is 5.81. The SMILES string of the molecule is C=CC(=O)OC1(C)C2CC3C(O)OC1C3C2. The molecular formula is C12H16O4. The molecule has 3 fully saturated rings. The number of hydrogen-bond acceptors (Lipinski definition) is 4. The summed E-state index contributed by atoms with van der Waals surface area (Å²) < 4.78 is 11.0. The molecule has 4 heteroatoms. The van der Waals surface area contributed by atoms with Crippen molar-refractivity contribution >= 4 is 5.97 Å². The zero-order chi connectivity index (χ0) is 11.5. The molecule has 88 valence electrons. The van der Waals surface area contributed by atoms with Crippen molar-refractivity contribution in [3.8, 4) is 0 Å². The Hall–Kier alpha value is -0.870. The monoisotopic (exact) mass is 224 g/mol. The normalized spacial score (nSPS) is 53.0. The Kier molecular flexibility index (Phi) is 1.98. The van der Waals surface area contributed by atoms with Crippen molar-refractivity contribution in [1.82, 2.24) is 0 Å². The molecule has 6 atom stereocenters. The fourth-order valence-corrected chi connectivity index (χ4v) is 3.79. The van der Waals surface area contributed by atoms with Gasteiger partial charge < -0.3 is 14.6 Å². The molecule has 4 nitrogen and oxygen atoms in total. The second-order valence-corrected chi connectivity index (χ2v) is 5.25. The number of rotatable bonds is 2. The molecule has 1 N–H and O–H groups in total. The van der Waals surface area contributed by atoms with Crippen molar-refractivity contribution in [3.63, 3.8) is 0 Å². The first-order valence-electron chi connectivity index (χ1n) is 5.75. The highest BCUT2D eigenvalue weighted by Gasteiger charge is 2.67. The van der Waals surface area contributed by atoms with Gasteiger partial charge in [-0.2, -0.15) is 0 Å². The molecule has 3 aliphatic rings. The van der Waals surface area contributed by atoms with Gasteiger partial charge in [-0.05, 0) is 25.7 Å². The minimum atomic E-state index is -0.677. The molecular weight excluding hydrogens is 208 g/mol. The molecule has 0 amide bonds. The largest absolute Gasteiger partial charge is 0.453 e. The molecule has 0 radical (unpaired) electrons.